The highest BCUT2D eigenvalue weighted by Crippen LogP contribution is 2.38. The van der Waals surface area contributed by atoms with E-state index in [1.165, 1.54) is 30.6 Å². The van der Waals surface area contributed by atoms with E-state index in [4.69, 9.17) is 23.7 Å². The number of aromatic amines is 1. The van der Waals surface area contributed by atoms with Gasteiger partial charge in [0.15, 0.2) is 0 Å². The Labute approximate surface area is 492 Å². The van der Waals surface area contributed by atoms with Gasteiger partial charge in [0.1, 0.15) is 11.9 Å². The largest absolute Gasteiger partial charge is 0.417 e. The number of rotatable bonds is 28. The van der Waals surface area contributed by atoms with Gasteiger partial charge in [-0.25, -0.2) is 14.4 Å². The Hall–Kier alpha value is -7.96. The molecule has 86 heavy (non-hydrogen) atoms. The molecule has 6 heterocycles. The minimum atomic E-state index is -5.01. The molecule has 2 aromatic carbocycles. The number of imide groups is 2. The Morgan fingerprint density at radius 3 is 1.97 bits per heavy atom. The third-order valence-electron chi connectivity index (χ3n) is 15.0. The van der Waals surface area contributed by atoms with Crippen LogP contribution in [-0.4, -0.2) is 215 Å². The molecular weight excluding hydrogens is 1140 g/mol. The molecule has 2 aromatic heterocycles. The zero-order chi connectivity index (χ0) is 61.5. The number of hydrogen-bond acceptors (Lipinski definition) is 19. The van der Waals surface area contributed by atoms with E-state index in [0.29, 0.717) is 129 Å². The number of carbonyl (C=O) groups is 7. The molecule has 4 aliphatic rings. The van der Waals surface area contributed by atoms with Crippen molar-refractivity contribution in [2.75, 3.05) is 146 Å². The van der Waals surface area contributed by atoms with E-state index in [9.17, 15) is 51.5 Å². The molecule has 3 saturated heterocycles. The number of aromatic nitrogens is 3. The van der Waals surface area contributed by atoms with Crippen LogP contribution in [0.15, 0.2) is 59.8 Å². The first-order valence-corrected chi connectivity index (χ1v) is 28.3. The van der Waals surface area contributed by atoms with Crippen LogP contribution in [0.2, 0.25) is 0 Å². The highest BCUT2D eigenvalue weighted by atomic mass is 19.4. The molecule has 0 aliphatic carbocycles. The van der Waals surface area contributed by atoms with Crippen molar-refractivity contribution in [1.29, 1.82) is 0 Å². The van der Waals surface area contributed by atoms with E-state index < -0.39 is 64.3 Å². The average Bonchev–Trinajstić information content (AvgIpc) is 1.92. The summed E-state index contributed by atoms with van der Waals surface area (Å²) in [5, 5.41) is 10.6. The quantitative estimate of drug-likeness (QED) is 0.0310. The first kappa shape index (κ1) is 64.0. The molecule has 5 N–H and O–H groups in total. The lowest BCUT2D eigenvalue weighted by Gasteiger charge is -2.44. The van der Waals surface area contributed by atoms with Crippen molar-refractivity contribution in [2.45, 2.75) is 63.8 Å². The third-order valence-corrected chi connectivity index (χ3v) is 15.0. The fourth-order valence-electron chi connectivity index (χ4n) is 10.2. The normalized spacial score (nSPS) is 18.3. The summed E-state index contributed by atoms with van der Waals surface area (Å²) in [5.74, 6) is -4.30. The van der Waals surface area contributed by atoms with Crippen LogP contribution in [0.4, 0.5) is 40.6 Å². The number of nitrogens with zero attached hydrogens (tertiary/aromatic N) is 7. The second-order valence-corrected chi connectivity index (χ2v) is 20.8. The van der Waals surface area contributed by atoms with Crippen molar-refractivity contribution in [3.8, 4) is 11.1 Å². The fourth-order valence-corrected chi connectivity index (χ4v) is 10.2. The van der Waals surface area contributed by atoms with Gasteiger partial charge in [-0.15, -0.1) is 0 Å². The monoisotopic (exact) mass is 1210 g/mol. The van der Waals surface area contributed by atoms with E-state index >= 15 is 4.39 Å². The first-order chi connectivity index (χ1) is 41.3. The average molecular weight is 1210 g/mol. The Kier molecular flexibility index (Phi) is 22.3. The van der Waals surface area contributed by atoms with Gasteiger partial charge in [-0.05, 0) is 51.6 Å². The van der Waals surface area contributed by atoms with E-state index in [1.807, 2.05) is 30.7 Å². The summed E-state index contributed by atoms with van der Waals surface area (Å²) in [4.78, 5) is 121. The molecule has 464 valence electrons. The molecule has 0 bridgehead atoms. The van der Waals surface area contributed by atoms with Crippen molar-refractivity contribution >= 4 is 64.4 Å². The predicted octanol–water partition coefficient (Wildman–Crippen LogP) is 2.91. The van der Waals surface area contributed by atoms with Crippen LogP contribution >= 0.6 is 0 Å². The standard InChI is InChI=1S/C57H70F4N12O13/c1-35-33-72(34-36(2)69(35)3)46-29-42(58)39(27-44(46)67-52(78)40-32-64-49(76)28-41(40)57(59,60)61)37-30-65-56(66-31-37)71-15-13-70(14-16-71)50(77)10-9-47(74)63-12-18-83-20-22-85-24-26-86-25-23-84-21-19-82-17-11-62-43-6-4-5-38-51(43)55(81)73(54(38)80)45-7-8-48(75)68-53(45)79/h4-6,27-32,35-36,45,62H,7-26,33-34H2,1-3H3,(H,63,74)(H,64,76)(H,67,78)(H,68,75,79)/t35-,36+,45?. The van der Waals surface area contributed by atoms with Gasteiger partial charge in [0.05, 0.1) is 99.7 Å². The number of H-pyrrole nitrogens is 1. The number of likely N-dealkylation sites (N-methyl/N-ethyl adjacent to an activating group) is 1. The highest BCUT2D eigenvalue weighted by molar-refractivity contribution is 6.25. The number of pyridine rings is 1. The lowest BCUT2D eigenvalue weighted by atomic mass is 10.0. The fraction of sp³-hybridized carbons (Fsp3) is 0.509. The molecule has 25 nitrogen and oxygen atoms in total. The van der Waals surface area contributed by atoms with Gasteiger partial charge in [-0.3, -0.25) is 53.5 Å². The number of hydrogen-bond donors (Lipinski definition) is 5. The second kappa shape index (κ2) is 29.9. The molecule has 3 atom stereocenters. The maximum Gasteiger partial charge on any atom is 0.417 e. The van der Waals surface area contributed by atoms with Crippen LogP contribution in [0.5, 0.6) is 0 Å². The summed E-state index contributed by atoms with van der Waals surface area (Å²) >= 11 is 0. The Morgan fingerprint density at radius 2 is 1.35 bits per heavy atom. The number of alkyl halides is 3. The topological polar surface area (TPSA) is 289 Å². The molecule has 3 fully saturated rings. The number of anilines is 4. The zero-order valence-corrected chi connectivity index (χ0v) is 47.9. The van der Waals surface area contributed by atoms with Gasteiger partial charge in [0, 0.05) is 125 Å². The van der Waals surface area contributed by atoms with Crippen molar-refractivity contribution in [1.82, 2.24) is 40.3 Å². The van der Waals surface area contributed by atoms with Gasteiger partial charge >= 0.3 is 6.18 Å². The Morgan fingerprint density at radius 1 is 0.733 bits per heavy atom. The molecule has 4 aliphatic heterocycles. The van der Waals surface area contributed by atoms with Crippen LogP contribution < -0.4 is 36.6 Å². The molecule has 8 rings (SSSR count). The number of piperidine rings is 1. The molecule has 29 heteroatoms. The number of nitrogens with one attached hydrogen (secondary N) is 5. The van der Waals surface area contributed by atoms with E-state index in [1.54, 1.807) is 17.0 Å². The molecule has 0 radical (unpaired) electrons. The summed E-state index contributed by atoms with van der Waals surface area (Å²) in [6.45, 7) is 10.0. The third kappa shape index (κ3) is 16.5. The van der Waals surface area contributed by atoms with Crippen molar-refractivity contribution in [3.63, 3.8) is 0 Å². The lowest BCUT2D eigenvalue weighted by Crippen LogP contribution is -2.55. The molecule has 7 amide bonds. The number of halogens is 4. The summed E-state index contributed by atoms with van der Waals surface area (Å²) in [6, 6.07) is 6.69. The van der Waals surface area contributed by atoms with Crippen LogP contribution in [0.3, 0.4) is 0 Å². The lowest BCUT2D eigenvalue weighted by molar-refractivity contribution is -0.138. The number of benzene rings is 2. The maximum atomic E-state index is 16.1. The van der Waals surface area contributed by atoms with Crippen molar-refractivity contribution in [3.05, 3.63) is 93.4 Å². The molecule has 0 spiro atoms. The Bertz CT molecular complexity index is 3130. The number of carbonyl (C=O) groups excluding carboxylic acids is 7. The minimum absolute atomic E-state index is 0.00713. The van der Waals surface area contributed by atoms with Crippen molar-refractivity contribution < 1.29 is 74.8 Å². The van der Waals surface area contributed by atoms with E-state index in [-0.39, 0.29) is 96.4 Å². The van der Waals surface area contributed by atoms with E-state index in [0.717, 1.165) is 4.90 Å². The van der Waals surface area contributed by atoms with Crippen LogP contribution in [0, 0.1) is 5.82 Å². The predicted molar refractivity (Wildman–Crippen MR) is 303 cm³/mol. The molecule has 0 saturated carbocycles. The van der Waals surface area contributed by atoms with Gasteiger partial charge in [-0.2, -0.15) is 13.2 Å². The maximum absolute atomic E-state index is 16.1. The SMILES string of the molecule is C[C@@H]1CN(c2cc(F)c(-c3cnc(N4CCN(C(=O)CCC(=O)NCCOCCOCCOCCOCCOCCNc5cccc6c5C(=O)N(C5CCC(=O)NC5=O)C6=O)CC4)nc3)cc2NC(=O)c2c[nH]c(=O)cc2C(F)(F)F)C[C@H](C)N1C. The van der Waals surface area contributed by atoms with Crippen LogP contribution in [0.1, 0.15) is 76.2 Å². The summed E-state index contributed by atoms with van der Waals surface area (Å²) in [6.07, 6.45) is -1.41. The van der Waals surface area contributed by atoms with Crippen LogP contribution in [-0.2, 0) is 49.0 Å². The van der Waals surface area contributed by atoms with Crippen molar-refractivity contribution in [2.24, 2.45) is 0 Å². The van der Waals surface area contributed by atoms with Gasteiger partial charge in [0.2, 0.25) is 35.1 Å². The van der Waals surface area contributed by atoms with E-state index in [2.05, 4.69) is 41.1 Å². The van der Waals surface area contributed by atoms with Gasteiger partial charge in [0.25, 0.3) is 17.7 Å². The highest BCUT2D eigenvalue weighted by Gasteiger charge is 2.46. The number of piperazine rings is 2. The first-order valence-electron chi connectivity index (χ1n) is 28.3. The number of fused-ring (bicyclic) bond motifs is 1. The molecule has 1 unspecified atom stereocenters. The number of ether oxygens (including phenoxy) is 5. The molecule has 4 aromatic rings. The summed E-state index contributed by atoms with van der Waals surface area (Å²) < 4.78 is 85.7. The zero-order valence-electron chi connectivity index (χ0n) is 47.9. The minimum Gasteiger partial charge on any atom is -0.382 e. The summed E-state index contributed by atoms with van der Waals surface area (Å²) in [5.41, 5.74) is -1.97. The summed E-state index contributed by atoms with van der Waals surface area (Å²) in [7, 11) is 1.96. The second-order valence-electron chi connectivity index (χ2n) is 20.8. The smallest absolute Gasteiger partial charge is 0.382 e. The van der Waals surface area contributed by atoms with Gasteiger partial charge in [-0.1, -0.05) is 6.07 Å². The molecular formula is C57H70F4N12O13. The van der Waals surface area contributed by atoms with Crippen LogP contribution in [0.25, 0.3) is 11.1 Å². The Balaban J connectivity index is 0.651. The van der Waals surface area contributed by atoms with Gasteiger partial charge < -0.3 is 59.3 Å². The number of amides is 7.